The number of amides is 2. The largest absolute Gasteiger partial charge is 0.379 e. The van der Waals surface area contributed by atoms with E-state index in [1.807, 2.05) is 6.92 Å². The molecule has 1 aliphatic rings. The minimum absolute atomic E-state index is 0.00215. The fourth-order valence-electron chi connectivity index (χ4n) is 1.14. The summed E-state index contributed by atoms with van der Waals surface area (Å²) >= 11 is 0. The predicted molar refractivity (Wildman–Crippen MR) is 50.6 cm³/mol. The highest BCUT2D eigenvalue weighted by molar-refractivity contribution is 5.74. The third kappa shape index (κ3) is 3.46. The average Bonchev–Trinajstić information content (AvgIpc) is 2.56. The molecule has 1 heterocycles. The second-order valence-electron chi connectivity index (χ2n) is 3.20. The van der Waals surface area contributed by atoms with Crippen molar-refractivity contribution in [3.05, 3.63) is 12.7 Å². The first kappa shape index (κ1) is 10.1. The Hall–Kier alpha value is -1.03. The van der Waals surface area contributed by atoms with Gasteiger partial charge in [-0.2, -0.15) is 0 Å². The zero-order valence-corrected chi connectivity index (χ0v) is 7.88. The van der Waals surface area contributed by atoms with E-state index in [1.54, 1.807) is 6.08 Å². The van der Waals surface area contributed by atoms with E-state index in [0.717, 1.165) is 13.0 Å². The molecule has 0 aliphatic carbocycles. The molecule has 0 saturated carbocycles. The summed E-state index contributed by atoms with van der Waals surface area (Å²) in [7, 11) is 0. The number of nitrogens with one attached hydrogen (secondary N) is 2. The van der Waals surface area contributed by atoms with E-state index in [4.69, 9.17) is 4.74 Å². The molecule has 74 valence electrons. The van der Waals surface area contributed by atoms with Gasteiger partial charge in [0.15, 0.2) is 0 Å². The first-order valence-corrected chi connectivity index (χ1v) is 4.49. The van der Waals surface area contributed by atoms with Crippen LogP contribution in [0.4, 0.5) is 4.79 Å². The van der Waals surface area contributed by atoms with Gasteiger partial charge in [-0.1, -0.05) is 6.08 Å². The van der Waals surface area contributed by atoms with Crippen LogP contribution < -0.4 is 10.6 Å². The first-order chi connectivity index (χ1) is 6.22. The minimum Gasteiger partial charge on any atom is -0.379 e. The number of carbonyl (C=O) groups excluding carboxylic acids is 1. The Morgan fingerprint density at radius 1 is 1.77 bits per heavy atom. The van der Waals surface area contributed by atoms with Gasteiger partial charge in [0.05, 0.1) is 12.6 Å². The monoisotopic (exact) mass is 184 g/mol. The molecule has 2 N–H and O–H groups in total. The molecule has 1 saturated heterocycles. The van der Waals surface area contributed by atoms with E-state index >= 15 is 0 Å². The lowest BCUT2D eigenvalue weighted by molar-refractivity contribution is 0.188. The Kier molecular flexibility index (Phi) is 3.76. The van der Waals surface area contributed by atoms with Crippen LogP contribution in [0.15, 0.2) is 12.7 Å². The van der Waals surface area contributed by atoms with E-state index < -0.39 is 0 Å². The van der Waals surface area contributed by atoms with Crippen molar-refractivity contribution in [2.24, 2.45) is 0 Å². The summed E-state index contributed by atoms with van der Waals surface area (Å²) in [5.41, 5.74) is 0. The summed E-state index contributed by atoms with van der Waals surface area (Å²) in [5.74, 6) is 0. The van der Waals surface area contributed by atoms with E-state index in [2.05, 4.69) is 17.2 Å². The first-order valence-electron chi connectivity index (χ1n) is 4.49. The van der Waals surface area contributed by atoms with Crippen LogP contribution in [0.1, 0.15) is 13.3 Å². The number of ether oxygens (including phenoxy) is 1. The normalized spacial score (nSPS) is 23.6. The van der Waals surface area contributed by atoms with Crippen molar-refractivity contribution >= 4 is 6.03 Å². The van der Waals surface area contributed by atoms with Crippen molar-refractivity contribution in [3.8, 4) is 0 Å². The lowest BCUT2D eigenvalue weighted by atomic mass is 10.3. The molecule has 2 amide bonds. The summed E-state index contributed by atoms with van der Waals surface area (Å²) in [4.78, 5) is 11.2. The van der Waals surface area contributed by atoms with Crippen LogP contribution in [-0.2, 0) is 4.74 Å². The van der Waals surface area contributed by atoms with Crippen LogP contribution >= 0.6 is 0 Å². The summed E-state index contributed by atoms with van der Waals surface area (Å²) in [5, 5.41) is 5.55. The quantitative estimate of drug-likeness (QED) is 0.633. The number of urea groups is 1. The SMILES string of the molecule is C=CC(C)NC(=O)NC1CCOC1. The van der Waals surface area contributed by atoms with E-state index in [1.165, 1.54) is 0 Å². The molecule has 1 fully saturated rings. The number of hydrogen-bond acceptors (Lipinski definition) is 2. The smallest absolute Gasteiger partial charge is 0.315 e. The Balaban J connectivity index is 2.20. The molecule has 1 rings (SSSR count). The summed E-state index contributed by atoms with van der Waals surface area (Å²) in [6.45, 7) is 6.81. The molecule has 0 aromatic rings. The molecular formula is C9H16N2O2. The number of rotatable bonds is 3. The van der Waals surface area contributed by atoms with Crippen molar-refractivity contribution < 1.29 is 9.53 Å². The fourth-order valence-corrected chi connectivity index (χ4v) is 1.14. The van der Waals surface area contributed by atoms with E-state index in [0.29, 0.717) is 6.61 Å². The van der Waals surface area contributed by atoms with Gasteiger partial charge in [0.1, 0.15) is 0 Å². The van der Waals surface area contributed by atoms with Gasteiger partial charge < -0.3 is 15.4 Å². The van der Waals surface area contributed by atoms with Crippen molar-refractivity contribution in [1.82, 2.24) is 10.6 Å². The second-order valence-corrected chi connectivity index (χ2v) is 3.20. The topological polar surface area (TPSA) is 50.4 Å². The Bertz CT molecular complexity index is 188. The van der Waals surface area contributed by atoms with Crippen molar-refractivity contribution in [3.63, 3.8) is 0 Å². The van der Waals surface area contributed by atoms with Crippen LogP contribution in [0.2, 0.25) is 0 Å². The lowest BCUT2D eigenvalue weighted by Gasteiger charge is -2.14. The van der Waals surface area contributed by atoms with Gasteiger partial charge in [0, 0.05) is 12.6 Å². The molecule has 4 heteroatoms. The van der Waals surface area contributed by atoms with Crippen molar-refractivity contribution in [2.45, 2.75) is 25.4 Å². The highest BCUT2D eigenvalue weighted by atomic mass is 16.5. The minimum atomic E-state index is -0.150. The number of carbonyl (C=O) groups is 1. The van der Waals surface area contributed by atoms with Gasteiger partial charge >= 0.3 is 6.03 Å². The highest BCUT2D eigenvalue weighted by Crippen LogP contribution is 2.02. The standard InChI is InChI=1S/C9H16N2O2/c1-3-7(2)10-9(12)11-8-4-5-13-6-8/h3,7-8H,1,4-6H2,2H3,(H2,10,11,12). The van der Waals surface area contributed by atoms with E-state index in [9.17, 15) is 4.79 Å². The van der Waals surface area contributed by atoms with Crippen LogP contribution in [0.3, 0.4) is 0 Å². The summed E-state index contributed by atoms with van der Waals surface area (Å²) in [6, 6.07) is 0.0160. The van der Waals surface area contributed by atoms with Gasteiger partial charge in [0.2, 0.25) is 0 Å². The molecule has 1 aliphatic heterocycles. The van der Waals surface area contributed by atoms with Crippen molar-refractivity contribution in [1.29, 1.82) is 0 Å². The zero-order valence-electron chi connectivity index (χ0n) is 7.88. The Morgan fingerprint density at radius 2 is 2.54 bits per heavy atom. The van der Waals surface area contributed by atoms with E-state index in [-0.39, 0.29) is 18.1 Å². The molecule has 4 nitrogen and oxygen atoms in total. The Labute approximate surface area is 78.3 Å². The molecule has 0 aromatic heterocycles. The fraction of sp³-hybridized carbons (Fsp3) is 0.667. The third-order valence-electron chi connectivity index (χ3n) is 1.98. The van der Waals surface area contributed by atoms with Crippen LogP contribution in [-0.4, -0.2) is 31.3 Å². The average molecular weight is 184 g/mol. The van der Waals surface area contributed by atoms with Crippen LogP contribution in [0.25, 0.3) is 0 Å². The van der Waals surface area contributed by atoms with Gasteiger partial charge in [0.25, 0.3) is 0 Å². The molecule has 0 spiro atoms. The van der Waals surface area contributed by atoms with Crippen LogP contribution in [0.5, 0.6) is 0 Å². The van der Waals surface area contributed by atoms with Crippen molar-refractivity contribution in [2.75, 3.05) is 13.2 Å². The third-order valence-corrected chi connectivity index (χ3v) is 1.98. The maximum Gasteiger partial charge on any atom is 0.315 e. The second kappa shape index (κ2) is 4.87. The Morgan fingerprint density at radius 3 is 3.08 bits per heavy atom. The van der Waals surface area contributed by atoms with Gasteiger partial charge in [-0.05, 0) is 13.3 Å². The maximum absolute atomic E-state index is 11.2. The molecular weight excluding hydrogens is 168 g/mol. The lowest BCUT2D eigenvalue weighted by Crippen LogP contribution is -2.45. The molecule has 2 atom stereocenters. The maximum atomic E-state index is 11.2. The predicted octanol–water partition coefficient (Wildman–Crippen LogP) is 0.649. The molecule has 2 unspecified atom stereocenters. The summed E-state index contributed by atoms with van der Waals surface area (Å²) < 4.78 is 5.13. The van der Waals surface area contributed by atoms with Crippen LogP contribution in [0, 0.1) is 0 Å². The summed E-state index contributed by atoms with van der Waals surface area (Å²) in [6.07, 6.45) is 2.58. The molecule has 0 aromatic carbocycles. The van der Waals surface area contributed by atoms with Gasteiger partial charge in [-0.25, -0.2) is 4.79 Å². The zero-order chi connectivity index (χ0) is 9.68. The molecule has 0 bridgehead atoms. The highest BCUT2D eigenvalue weighted by Gasteiger charge is 2.17. The van der Waals surface area contributed by atoms with Gasteiger partial charge in [-0.3, -0.25) is 0 Å². The molecule has 13 heavy (non-hydrogen) atoms. The van der Waals surface area contributed by atoms with Gasteiger partial charge in [-0.15, -0.1) is 6.58 Å². The number of hydrogen-bond donors (Lipinski definition) is 2. The molecule has 0 radical (unpaired) electrons.